The zero-order valence-electron chi connectivity index (χ0n) is 10.0. The standard InChI is InChI=1S/C11H17N3O3S/c12-11-8-10(4-5-13-11)18(15,16)14-6-3-9-2-1-7-17-9/h4-5,8-9,14H,1-3,6-7H2,(H2,12,13). The van der Waals surface area contributed by atoms with Gasteiger partial charge in [-0.3, -0.25) is 0 Å². The van der Waals surface area contributed by atoms with Gasteiger partial charge >= 0.3 is 0 Å². The molecule has 1 unspecified atom stereocenters. The topological polar surface area (TPSA) is 94.3 Å². The molecule has 0 spiro atoms. The normalized spacial score (nSPS) is 20.1. The number of anilines is 1. The minimum atomic E-state index is -3.50. The fourth-order valence-corrected chi connectivity index (χ4v) is 2.97. The highest BCUT2D eigenvalue weighted by Gasteiger charge is 2.18. The summed E-state index contributed by atoms with van der Waals surface area (Å²) in [6.45, 7) is 1.15. The number of nitrogen functional groups attached to an aromatic ring is 1. The zero-order valence-corrected chi connectivity index (χ0v) is 10.8. The molecule has 0 aliphatic carbocycles. The van der Waals surface area contributed by atoms with Gasteiger partial charge in [0.05, 0.1) is 11.0 Å². The monoisotopic (exact) mass is 271 g/mol. The van der Waals surface area contributed by atoms with E-state index in [1.54, 1.807) is 0 Å². The lowest BCUT2D eigenvalue weighted by Gasteiger charge is -2.10. The van der Waals surface area contributed by atoms with Crippen molar-refractivity contribution in [3.05, 3.63) is 18.3 Å². The third-order valence-corrected chi connectivity index (χ3v) is 4.30. The van der Waals surface area contributed by atoms with Gasteiger partial charge in [-0.05, 0) is 25.3 Å². The minimum absolute atomic E-state index is 0.141. The average Bonchev–Trinajstić information content (AvgIpc) is 2.82. The van der Waals surface area contributed by atoms with E-state index >= 15 is 0 Å². The van der Waals surface area contributed by atoms with Crippen LogP contribution in [0.1, 0.15) is 19.3 Å². The fraction of sp³-hybridized carbons (Fsp3) is 0.545. The average molecular weight is 271 g/mol. The summed E-state index contributed by atoms with van der Waals surface area (Å²) < 4.78 is 31.8. The van der Waals surface area contributed by atoms with Gasteiger partial charge in [-0.15, -0.1) is 0 Å². The summed E-state index contributed by atoms with van der Waals surface area (Å²) in [5.41, 5.74) is 5.46. The first-order valence-corrected chi connectivity index (χ1v) is 7.39. The van der Waals surface area contributed by atoms with Gasteiger partial charge in [0, 0.05) is 25.4 Å². The number of nitrogens with one attached hydrogen (secondary N) is 1. The lowest BCUT2D eigenvalue weighted by atomic mass is 10.2. The van der Waals surface area contributed by atoms with Gasteiger partial charge in [-0.1, -0.05) is 0 Å². The molecular formula is C11H17N3O3S. The number of hydrogen-bond acceptors (Lipinski definition) is 5. The van der Waals surface area contributed by atoms with Gasteiger partial charge in [-0.2, -0.15) is 0 Å². The second-order valence-corrected chi connectivity index (χ2v) is 6.00. The van der Waals surface area contributed by atoms with Crippen LogP contribution in [0.2, 0.25) is 0 Å². The minimum Gasteiger partial charge on any atom is -0.384 e. The van der Waals surface area contributed by atoms with Gasteiger partial charge < -0.3 is 10.5 Å². The van der Waals surface area contributed by atoms with Gasteiger partial charge in [0.2, 0.25) is 10.0 Å². The quantitative estimate of drug-likeness (QED) is 0.813. The van der Waals surface area contributed by atoms with Crippen LogP contribution in [0.25, 0.3) is 0 Å². The number of rotatable bonds is 5. The maximum absolute atomic E-state index is 11.9. The van der Waals surface area contributed by atoms with Gasteiger partial charge in [0.25, 0.3) is 0 Å². The molecule has 1 atom stereocenters. The number of aromatic nitrogens is 1. The zero-order chi connectivity index (χ0) is 13.0. The molecule has 1 saturated heterocycles. The van der Waals surface area contributed by atoms with Crippen LogP contribution in [0.5, 0.6) is 0 Å². The summed E-state index contributed by atoms with van der Waals surface area (Å²) >= 11 is 0. The summed E-state index contributed by atoms with van der Waals surface area (Å²) in [6.07, 6.45) is 4.31. The largest absolute Gasteiger partial charge is 0.384 e. The molecule has 0 aromatic carbocycles. The van der Waals surface area contributed by atoms with E-state index in [4.69, 9.17) is 10.5 Å². The predicted molar refractivity (Wildman–Crippen MR) is 67.4 cm³/mol. The molecule has 1 aromatic heterocycles. The highest BCUT2D eigenvalue weighted by molar-refractivity contribution is 7.89. The number of pyridine rings is 1. The maximum Gasteiger partial charge on any atom is 0.240 e. The summed E-state index contributed by atoms with van der Waals surface area (Å²) in [6, 6.07) is 2.76. The lowest BCUT2D eigenvalue weighted by Crippen LogP contribution is -2.27. The molecule has 7 heteroatoms. The lowest BCUT2D eigenvalue weighted by molar-refractivity contribution is 0.105. The molecule has 2 heterocycles. The highest BCUT2D eigenvalue weighted by Crippen LogP contribution is 2.15. The molecule has 1 fully saturated rings. The third-order valence-electron chi connectivity index (χ3n) is 2.85. The van der Waals surface area contributed by atoms with Crippen molar-refractivity contribution in [2.24, 2.45) is 0 Å². The second kappa shape index (κ2) is 5.64. The van der Waals surface area contributed by atoms with E-state index in [2.05, 4.69) is 9.71 Å². The molecule has 0 amide bonds. The molecule has 0 saturated carbocycles. The van der Waals surface area contributed by atoms with Crippen molar-refractivity contribution < 1.29 is 13.2 Å². The highest BCUT2D eigenvalue weighted by atomic mass is 32.2. The van der Waals surface area contributed by atoms with Crippen molar-refractivity contribution >= 4 is 15.8 Å². The summed E-state index contributed by atoms with van der Waals surface area (Å²) in [5.74, 6) is 0.192. The molecule has 3 N–H and O–H groups in total. The summed E-state index contributed by atoms with van der Waals surface area (Å²) in [5, 5.41) is 0. The number of nitrogens with two attached hydrogens (primary N) is 1. The Hall–Kier alpha value is -1.18. The molecule has 6 nitrogen and oxygen atoms in total. The van der Waals surface area contributed by atoms with Crippen molar-refractivity contribution in [2.75, 3.05) is 18.9 Å². The van der Waals surface area contributed by atoms with E-state index in [1.807, 2.05) is 0 Å². The molecule has 2 rings (SSSR count). The van der Waals surface area contributed by atoms with Crippen molar-refractivity contribution in [3.63, 3.8) is 0 Å². The Labute approximate surface area is 107 Å². The van der Waals surface area contributed by atoms with Crippen molar-refractivity contribution in [1.29, 1.82) is 0 Å². The third kappa shape index (κ3) is 3.41. The van der Waals surface area contributed by atoms with E-state index in [0.717, 1.165) is 19.4 Å². The Morgan fingerprint density at radius 1 is 1.56 bits per heavy atom. The molecular weight excluding hydrogens is 254 g/mol. The Balaban J connectivity index is 1.90. The molecule has 100 valence electrons. The maximum atomic E-state index is 11.9. The molecule has 0 radical (unpaired) electrons. The van der Waals surface area contributed by atoms with Crippen molar-refractivity contribution in [1.82, 2.24) is 9.71 Å². The molecule has 1 aliphatic rings. The van der Waals surface area contributed by atoms with Crippen molar-refractivity contribution in [3.8, 4) is 0 Å². The Kier molecular flexibility index (Phi) is 4.15. The van der Waals surface area contributed by atoms with Gasteiger partial charge in [0.15, 0.2) is 0 Å². The van der Waals surface area contributed by atoms with Crippen LogP contribution < -0.4 is 10.5 Å². The molecule has 1 aliphatic heterocycles. The summed E-state index contributed by atoms with van der Waals surface area (Å²) in [7, 11) is -3.50. The smallest absolute Gasteiger partial charge is 0.240 e. The number of ether oxygens (including phenoxy) is 1. The predicted octanol–water partition coefficient (Wildman–Crippen LogP) is 0.511. The number of hydrogen-bond donors (Lipinski definition) is 2. The Morgan fingerprint density at radius 2 is 2.39 bits per heavy atom. The van der Waals surface area contributed by atoms with E-state index in [-0.39, 0.29) is 16.8 Å². The van der Waals surface area contributed by atoms with Crippen LogP contribution in [-0.4, -0.2) is 32.7 Å². The molecule has 0 bridgehead atoms. The Bertz CT molecular complexity index is 498. The van der Waals surface area contributed by atoms with Crippen LogP contribution >= 0.6 is 0 Å². The molecule has 18 heavy (non-hydrogen) atoms. The van der Waals surface area contributed by atoms with Crippen LogP contribution in [0.4, 0.5) is 5.82 Å². The van der Waals surface area contributed by atoms with E-state index in [1.165, 1.54) is 18.3 Å². The first-order valence-electron chi connectivity index (χ1n) is 5.91. The SMILES string of the molecule is Nc1cc(S(=O)(=O)NCCC2CCCO2)ccn1. The van der Waals surface area contributed by atoms with Crippen LogP contribution in [0.3, 0.4) is 0 Å². The van der Waals surface area contributed by atoms with Gasteiger partial charge in [0.1, 0.15) is 5.82 Å². The van der Waals surface area contributed by atoms with Crippen LogP contribution in [-0.2, 0) is 14.8 Å². The Morgan fingerprint density at radius 3 is 3.06 bits per heavy atom. The first kappa shape index (κ1) is 13.3. The van der Waals surface area contributed by atoms with Crippen LogP contribution in [0.15, 0.2) is 23.2 Å². The fourth-order valence-electron chi connectivity index (χ4n) is 1.90. The first-order chi connectivity index (χ1) is 8.58. The molecule has 1 aromatic rings. The van der Waals surface area contributed by atoms with E-state index in [0.29, 0.717) is 13.0 Å². The van der Waals surface area contributed by atoms with Crippen molar-refractivity contribution in [2.45, 2.75) is 30.3 Å². The number of nitrogens with zero attached hydrogens (tertiary/aromatic N) is 1. The van der Waals surface area contributed by atoms with Crippen LogP contribution in [0, 0.1) is 0 Å². The van der Waals surface area contributed by atoms with E-state index < -0.39 is 10.0 Å². The van der Waals surface area contributed by atoms with E-state index in [9.17, 15) is 8.42 Å². The number of sulfonamides is 1. The second-order valence-electron chi connectivity index (χ2n) is 4.24. The summed E-state index contributed by atoms with van der Waals surface area (Å²) in [4.78, 5) is 3.90. The van der Waals surface area contributed by atoms with Gasteiger partial charge in [-0.25, -0.2) is 18.1 Å².